The van der Waals surface area contributed by atoms with Gasteiger partial charge in [-0.1, -0.05) is 27.7 Å². The molecular formula is C12H27NO. The number of hydrogen-bond donors (Lipinski definition) is 1. The van der Waals surface area contributed by atoms with E-state index in [4.69, 9.17) is 4.74 Å². The molecule has 0 spiro atoms. The molecule has 2 unspecified atom stereocenters. The molecule has 2 atom stereocenters. The Morgan fingerprint density at radius 2 is 1.79 bits per heavy atom. The fourth-order valence-electron chi connectivity index (χ4n) is 1.13. The Bertz CT molecular complexity index is 125. The number of hydrogen-bond acceptors (Lipinski definition) is 2. The number of ether oxygens (including phenoxy) is 1. The summed E-state index contributed by atoms with van der Waals surface area (Å²) in [5.74, 6) is 0.610. The Morgan fingerprint density at radius 1 is 1.14 bits per heavy atom. The molecular weight excluding hydrogens is 174 g/mol. The zero-order valence-corrected chi connectivity index (χ0v) is 10.5. The van der Waals surface area contributed by atoms with E-state index in [9.17, 15) is 0 Å². The zero-order valence-electron chi connectivity index (χ0n) is 10.5. The maximum atomic E-state index is 5.79. The van der Waals surface area contributed by atoms with Gasteiger partial charge in [-0.3, -0.25) is 0 Å². The maximum Gasteiger partial charge on any atom is 0.0623 e. The average Bonchev–Trinajstić information content (AvgIpc) is 2.17. The van der Waals surface area contributed by atoms with Gasteiger partial charge in [-0.05, 0) is 32.2 Å². The smallest absolute Gasteiger partial charge is 0.0623 e. The van der Waals surface area contributed by atoms with Crippen molar-refractivity contribution in [2.24, 2.45) is 5.92 Å². The summed E-state index contributed by atoms with van der Waals surface area (Å²) in [6, 6.07) is 0.524. The van der Waals surface area contributed by atoms with Gasteiger partial charge in [-0.15, -0.1) is 0 Å². The highest BCUT2D eigenvalue weighted by molar-refractivity contribution is 4.65. The summed E-state index contributed by atoms with van der Waals surface area (Å²) < 4.78 is 5.79. The molecule has 0 aliphatic rings. The predicted molar refractivity (Wildman–Crippen MR) is 62.6 cm³/mol. The summed E-state index contributed by atoms with van der Waals surface area (Å²) in [6.07, 6.45) is 2.70. The first-order valence-corrected chi connectivity index (χ1v) is 5.96. The third kappa shape index (κ3) is 6.39. The van der Waals surface area contributed by atoms with E-state index in [0.717, 1.165) is 19.6 Å². The fraction of sp³-hybridized carbons (Fsp3) is 1.00. The van der Waals surface area contributed by atoms with E-state index in [1.807, 2.05) is 0 Å². The number of rotatable bonds is 8. The van der Waals surface area contributed by atoms with Gasteiger partial charge < -0.3 is 10.1 Å². The molecule has 0 amide bonds. The molecule has 0 bridgehead atoms. The van der Waals surface area contributed by atoms with Crippen LogP contribution in [-0.4, -0.2) is 25.3 Å². The van der Waals surface area contributed by atoms with Crippen LogP contribution in [0.3, 0.4) is 0 Å². The highest BCUT2D eigenvalue weighted by atomic mass is 16.5. The van der Waals surface area contributed by atoms with Gasteiger partial charge in [0.05, 0.1) is 12.7 Å². The maximum absolute atomic E-state index is 5.79. The van der Waals surface area contributed by atoms with Crippen molar-refractivity contribution in [2.45, 2.75) is 59.6 Å². The minimum atomic E-state index is 0.368. The third-order valence-corrected chi connectivity index (χ3v) is 2.67. The van der Waals surface area contributed by atoms with Crippen molar-refractivity contribution in [3.05, 3.63) is 0 Å². The Kier molecular flexibility index (Phi) is 8.20. The summed E-state index contributed by atoms with van der Waals surface area (Å²) in [4.78, 5) is 0. The third-order valence-electron chi connectivity index (χ3n) is 2.67. The lowest BCUT2D eigenvalue weighted by molar-refractivity contribution is 0.0216. The van der Waals surface area contributed by atoms with Crippen LogP contribution in [0.4, 0.5) is 0 Å². The van der Waals surface area contributed by atoms with Gasteiger partial charge in [0.15, 0.2) is 0 Å². The van der Waals surface area contributed by atoms with Crippen molar-refractivity contribution in [1.29, 1.82) is 0 Å². The van der Waals surface area contributed by atoms with E-state index in [-0.39, 0.29) is 0 Å². The van der Waals surface area contributed by atoms with Crippen molar-refractivity contribution < 1.29 is 4.74 Å². The largest absolute Gasteiger partial charge is 0.377 e. The van der Waals surface area contributed by atoms with E-state index in [2.05, 4.69) is 39.9 Å². The average molecular weight is 201 g/mol. The minimum Gasteiger partial charge on any atom is -0.377 e. The van der Waals surface area contributed by atoms with E-state index < -0.39 is 0 Å². The Hall–Kier alpha value is -0.0800. The van der Waals surface area contributed by atoms with Crippen LogP contribution in [0.5, 0.6) is 0 Å². The Balaban J connectivity index is 3.60. The van der Waals surface area contributed by atoms with Crippen LogP contribution in [-0.2, 0) is 4.74 Å². The SMILES string of the molecule is CCCNC(CC)COC(C)C(C)C. The second kappa shape index (κ2) is 8.25. The molecule has 2 heteroatoms. The molecule has 0 saturated carbocycles. The van der Waals surface area contributed by atoms with Crippen molar-refractivity contribution in [2.75, 3.05) is 13.2 Å². The lowest BCUT2D eigenvalue weighted by Crippen LogP contribution is -2.35. The normalized spacial score (nSPS) is 15.9. The predicted octanol–water partition coefficient (Wildman–Crippen LogP) is 2.83. The van der Waals surface area contributed by atoms with Crippen molar-refractivity contribution in [3.63, 3.8) is 0 Å². The summed E-state index contributed by atoms with van der Waals surface area (Å²) in [7, 11) is 0. The molecule has 0 aliphatic carbocycles. The molecule has 0 aliphatic heterocycles. The second-order valence-electron chi connectivity index (χ2n) is 4.34. The molecule has 0 aromatic carbocycles. The van der Waals surface area contributed by atoms with Crippen molar-refractivity contribution in [3.8, 4) is 0 Å². The molecule has 14 heavy (non-hydrogen) atoms. The first kappa shape index (κ1) is 13.9. The summed E-state index contributed by atoms with van der Waals surface area (Å²) in [5, 5.41) is 3.49. The monoisotopic (exact) mass is 201 g/mol. The molecule has 0 aromatic heterocycles. The standard InChI is InChI=1S/C12H27NO/c1-6-8-13-12(7-2)9-14-11(5)10(3)4/h10-13H,6-9H2,1-5H3. The molecule has 0 saturated heterocycles. The first-order valence-electron chi connectivity index (χ1n) is 5.96. The quantitative estimate of drug-likeness (QED) is 0.652. The molecule has 0 rings (SSSR count). The van der Waals surface area contributed by atoms with E-state index in [1.165, 1.54) is 6.42 Å². The van der Waals surface area contributed by atoms with Crippen LogP contribution in [0.15, 0.2) is 0 Å². The van der Waals surface area contributed by atoms with Gasteiger partial charge in [0.1, 0.15) is 0 Å². The lowest BCUT2D eigenvalue weighted by Gasteiger charge is -2.22. The van der Waals surface area contributed by atoms with Gasteiger partial charge in [-0.2, -0.15) is 0 Å². The van der Waals surface area contributed by atoms with Gasteiger partial charge in [0.2, 0.25) is 0 Å². The van der Waals surface area contributed by atoms with Crippen LogP contribution < -0.4 is 5.32 Å². The summed E-state index contributed by atoms with van der Waals surface area (Å²) in [6.45, 7) is 12.9. The van der Waals surface area contributed by atoms with Crippen LogP contribution in [0, 0.1) is 5.92 Å². The minimum absolute atomic E-state index is 0.368. The van der Waals surface area contributed by atoms with E-state index in [1.54, 1.807) is 0 Å². The molecule has 0 aromatic rings. The fourth-order valence-corrected chi connectivity index (χ4v) is 1.13. The highest BCUT2D eigenvalue weighted by Gasteiger charge is 2.10. The molecule has 0 heterocycles. The lowest BCUT2D eigenvalue weighted by atomic mass is 10.1. The van der Waals surface area contributed by atoms with Crippen LogP contribution in [0.1, 0.15) is 47.5 Å². The Labute approximate surface area is 89.4 Å². The van der Waals surface area contributed by atoms with E-state index >= 15 is 0 Å². The molecule has 0 fully saturated rings. The zero-order chi connectivity index (χ0) is 11.0. The molecule has 0 radical (unpaired) electrons. The van der Waals surface area contributed by atoms with Crippen LogP contribution in [0.25, 0.3) is 0 Å². The molecule has 86 valence electrons. The van der Waals surface area contributed by atoms with Crippen LogP contribution >= 0.6 is 0 Å². The summed E-state index contributed by atoms with van der Waals surface area (Å²) in [5.41, 5.74) is 0. The topological polar surface area (TPSA) is 21.3 Å². The second-order valence-corrected chi connectivity index (χ2v) is 4.34. The van der Waals surface area contributed by atoms with Crippen LogP contribution in [0.2, 0.25) is 0 Å². The first-order chi connectivity index (χ1) is 6.61. The summed E-state index contributed by atoms with van der Waals surface area (Å²) >= 11 is 0. The van der Waals surface area contributed by atoms with Gasteiger partial charge in [0.25, 0.3) is 0 Å². The van der Waals surface area contributed by atoms with E-state index in [0.29, 0.717) is 18.1 Å². The highest BCUT2D eigenvalue weighted by Crippen LogP contribution is 2.06. The van der Waals surface area contributed by atoms with Crippen molar-refractivity contribution in [1.82, 2.24) is 5.32 Å². The Morgan fingerprint density at radius 3 is 2.21 bits per heavy atom. The van der Waals surface area contributed by atoms with Crippen molar-refractivity contribution >= 4 is 0 Å². The van der Waals surface area contributed by atoms with Gasteiger partial charge in [0, 0.05) is 6.04 Å². The molecule has 1 N–H and O–H groups in total. The molecule has 2 nitrogen and oxygen atoms in total. The van der Waals surface area contributed by atoms with Gasteiger partial charge in [-0.25, -0.2) is 0 Å². The van der Waals surface area contributed by atoms with Gasteiger partial charge >= 0.3 is 0 Å². The number of nitrogens with one attached hydrogen (secondary N) is 1.